The highest BCUT2D eigenvalue weighted by Crippen LogP contribution is 2.11. The second kappa shape index (κ2) is 8.36. The lowest BCUT2D eigenvalue weighted by Gasteiger charge is -2.06. The second-order valence-electron chi connectivity index (χ2n) is 4.84. The Balaban J connectivity index is 1.76. The fourth-order valence-electron chi connectivity index (χ4n) is 1.73. The minimum Gasteiger partial charge on any atom is -0.356 e. The number of hydrogen-bond donors (Lipinski definition) is 3. The van der Waals surface area contributed by atoms with Crippen LogP contribution >= 0.6 is 0 Å². The van der Waals surface area contributed by atoms with Crippen molar-refractivity contribution >= 4 is 17.7 Å². The van der Waals surface area contributed by atoms with E-state index in [4.69, 9.17) is 0 Å². The smallest absolute Gasteiger partial charge is 0.262 e. The van der Waals surface area contributed by atoms with Gasteiger partial charge in [0.15, 0.2) is 0 Å². The molecule has 0 fully saturated rings. The Hall–Kier alpha value is -3.30. The normalized spacial score (nSPS) is 10.0. The summed E-state index contributed by atoms with van der Waals surface area (Å²) in [6.45, 7) is 1.36. The van der Waals surface area contributed by atoms with Gasteiger partial charge in [0.05, 0.1) is 0 Å². The van der Waals surface area contributed by atoms with E-state index in [1.165, 1.54) is 6.92 Å². The summed E-state index contributed by atoms with van der Waals surface area (Å²) in [6.07, 6.45) is 0.0551. The van der Waals surface area contributed by atoms with Crippen LogP contribution < -0.4 is 16.2 Å². The lowest BCUT2D eigenvalue weighted by molar-refractivity contribution is -0.129. The minimum absolute atomic E-state index is 0.0551. The molecule has 0 aliphatic heterocycles. The molecule has 3 N–H and O–H groups in total. The average Bonchev–Trinajstić information content (AvgIpc) is 3.02. The van der Waals surface area contributed by atoms with Crippen molar-refractivity contribution in [2.75, 3.05) is 6.54 Å². The van der Waals surface area contributed by atoms with Crippen molar-refractivity contribution in [3.8, 4) is 11.4 Å². The van der Waals surface area contributed by atoms with Gasteiger partial charge in [0.2, 0.25) is 17.6 Å². The number of hydrogen-bond acceptors (Lipinski definition) is 6. The number of tetrazole rings is 1. The number of nitrogens with zero attached hydrogens (tertiary/aromatic N) is 4. The first kappa shape index (κ1) is 17.1. The van der Waals surface area contributed by atoms with Crippen LogP contribution in [0, 0.1) is 0 Å². The van der Waals surface area contributed by atoms with Crippen LogP contribution in [0.5, 0.6) is 0 Å². The molecule has 0 saturated heterocycles. The second-order valence-corrected chi connectivity index (χ2v) is 4.84. The van der Waals surface area contributed by atoms with Crippen molar-refractivity contribution in [3.63, 3.8) is 0 Å². The van der Waals surface area contributed by atoms with E-state index >= 15 is 0 Å². The van der Waals surface area contributed by atoms with Crippen molar-refractivity contribution in [3.05, 3.63) is 30.3 Å². The van der Waals surface area contributed by atoms with Gasteiger partial charge in [-0.25, -0.2) is 0 Å². The predicted molar refractivity (Wildman–Crippen MR) is 82.8 cm³/mol. The highest BCUT2D eigenvalue weighted by Gasteiger charge is 2.10. The van der Waals surface area contributed by atoms with Gasteiger partial charge in [-0.1, -0.05) is 30.3 Å². The number of aromatic nitrogens is 4. The number of carbonyl (C=O) groups is 3. The molecular formula is C14H17N7O3. The van der Waals surface area contributed by atoms with Gasteiger partial charge in [-0.2, -0.15) is 4.80 Å². The van der Waals surface area contributed by atoms with Gasteiger partial charge in [0.1, 0.15) is 6.54 Å². The summed E-state index contributed by atoms with van der Waals surface area (Å²) in [5.41, 5.74) is 5.26. The quantitative estimate of drug-likeness (QED) is 0.583. The Morgan fingerprint density at radius 2 is 1.79 bits per heavy atom. The standard InChI is InChI=1S/C14H17N7O3/c1-10(22)15-8-7-12(23)16-17-13(24)9-21-19-14(18-20-21)11-5-3-2-4-6-11/h2-6H,7-9H2,1H3,(H,15,22)(H,16,23)(H,17,24). The number of amides is 3. The maximum atomic E-state index is 11.7. The van der Waals surface area contributed by atoms with Crippen LogP contribution in [0.2, 0.25) is 0 Å². The molecule has 1 aromatic carbocycles. The predicted octanol–water partition coefficient (Wildman–Crippen LogP) is -0.986. The van der Waals surface area contributed by atoms with Gasteiger partial charge in [-0.15, -0.1) is 10.2 Å². The molecule has 1 aromatic heterocycles. The summed E-state index contributed by atoms with van der Waals surface area (Å²) in [6, 6.07) is 9.22. The molecule has 1 heterocycles. The summed E-state index contributed by atoms with van der Waals surface area (Å²) < 4.78 is 0. The van der Waals surface area contributed by atoms with E-state index in [1.54, 1.807) is 0 Å². The van der Waals surface area contributed by atoms with Crippen LogP contribution in [-0.4, -0.2) is 44.5 Å². The molecular weight excluding hydrogens is 314 g/mol. The lowest BCUT2D eigenvalue weighted by atomic mass is 10.2. The van der Waals surface area contributed by atoms with Crippen LogP contribution in [0.1, 0.15) is 13.3 Å². The molecule has 0 aliphatic rings. The van der Waals surface area contributed by atoms with Crippen LogP contribution in [0.4, 0.5) is 0 Å². The molecule has 0 atom stereocenters. The number of rotatable bonds is 6. The molecule has 10 heteroatoms. The molecule has 3 amide bonds. The van der Waals surface area contributed by atoms with Crippen LogP contribution in [-0.2, 0) is 20.9 Å². The SMILES string of the molecule is CC(=O)NCCC(=O)NNC(=O)Cn1nnc(-c2ccccc2)n1. The van der Waals surface area contributed by atoms with Gasteiger partial charge < -0.3 is 5.32 Å². The summed E-state index contributed by atoms with van der Waals surface area (Å²) in [5, 5.41) is 14.2. The van der Waals surface area contributed by atoms with Crippen molar-refractivity contribution in [2.45, 2.75) is 19.9 Å². The van der Waals surface area contributed by atoms with Crippen LogP contribution in [0.25, 0.3) is 11.4 Å². The Labute approximate surface area is 137 Å². The maximum Gasteiger partial charge on any atom is 0.262 e. The molecule has 10 nitrogen and oxygen atoms in total. The topological polar surface area (TPSA) is 131 Å². The number of carbonyl (C=O) groups excluding carboxylic acids is 3. The van der Waals surface area contributed by atoms with Gasteiger partial charge >= 0.3 is 0 Å². The van der Waals surface area contributed by atoms with Crippen LogP contribution in [0.3, 0.4) is 0 Å². The Kier molecular flexibility index (Phi) is 5.95. The summed E-state index contributed by atoms with van der Waals surface area (Å²) in [5.74, 6) is -0.741. The first-order valence-electron chi connectivity index (χ1n) is 7.20. The highest BCUT2D eigenvalue weighted by molar-refractivity contribution is 5.82. The highest BCUT2D eigenvalue weighted by atomic mass is 16.2. The molecule has 0 spiro atoms. The van der Waals surface area contributed by atoms with Crippen molar-refractivity contribution < 1.29 is 14.4 Å². The molecule has 0 radical (unpaired) electrons. The van der Waals surface area contributed by atoms with Crippen molar-refractivity contribution in [1.29, 1.82) is 0 Å². The Bertz CT molecular complexity index is 714. The minimum atomic E-state index is -0.500. The van der Waals surface area contributed by atoms with Gasteiger partial charge in [-0.3, -0.25) is 25.2 Å². The zero-order chi connectivity index (χ0) is 17.4. The molecule has 24 heavy (non-hydrogen) atoms. The summed E-state index contributed by atoms with van der Waals surface area (Å²) >= 11 is 0. The van der Waals surface area contributed by atoms with Crippen LogP contribution in [0.15, 0.2) is 30.3 Å². The first-order valence-corrected chi connectivity index (χ1v) is 7.20. The van der Waals surface area contributed by atoms with E-state index < -0.39 is 11.8 Å². The lowest BCUT2D eigenvalue weighted by Crippen LogP contribution is -2.44. The summed E-state index contributed by atoms with van der Waals surface area (Å²) in [4.78, 5) is 35.0. The van der Waals surface area contributed by atoms with Crippen molar-refractivity contribution in [2.24, 2.45) is 0 Å². The zero-order valence-corrected chi connectivity index (χ0v) is 13.0. The Morgan fingerprint density at radius 3 is 2.50 bits per heavy atom. The average molecular weight is 331 g/mol. The maximum absolute atomic E-state index is 11.7. The van der Waals surface area contributed by atoms with Gasteiger partial charge in [0.25, 0.3) is 5.91 Å². The Morgan fingerprint density at radius 1 is 1.08 bits per heavy atom. The van der Waals surface area contributed by atoms with E-state index in [0.717, 1.165) is 10.4 Å². The fraction of sp³-hybridized carbons (Fsp3) is 0.286. The van der Waals surface area contributed by atoms with Crippen molar-refractivity contribution in [1.82, 2.24) is 36.4 Å². The van der Waals surface area contributed by atoms with E-state index in [0.29, 0.717) is 5.82 Å². The molecule has 2 aromatic rings. The molecule has 0 unspecified atom stereocenters. The third-order valence-electron chi connectivity index (χ3n) is 2.84. The zero-order valence-electron chi connectivity index (χ0n) is 13.0. The number of nitrogens with one attached hydrogen (secondary N) is 3. The van der Waals surface area contributed by atoms with Gasteiger partial charge in [-0.05, 0) is 5.21 Å². The largest absolute Gasteiger partial charge is 0.356 e. The monoisotopic (exact) mass is 331 g/mol. The van der Waals surface area contributed by atoms with Gasteiger partial charge in [0, 0.05) is 25.5 Å². The third kappa shape index (κ3) is 5.48. The fourth-order valence-corrected chi connectivity index (χ4v) is 1.73. The molecule has 0 saturated carbocycles. The van der Waals surface area contributed by atoms with E-state index in [1.807, 2.05) is 30.3 Å². The molecule has 2 rings (SSSR count). The number of hydrazine groups is 1. The van der Waals surface area contributed by atoms with E-state index in [-0.39, 0.29) is 25.4 Å². The van der Waals surface area contributed by atoms with E-state index in [2.05, 4.69) is 31.6 Å². The van der Waals surface area contributed by atoms with E-state index in [9.17, 15) is 14.4 Å². The molecule has 0 bridgehead atoms. The first-order chi connectivity index (χ1) is 11.5. The molecule has 0 aliphatic carbocycles. The summed E-state index contributed by atoms with van der Waals surface area (Å²) in [7, 11) is 0. The number of benzene rings is 1. The molecule has 126 valence electrons. The third-order valence-corrected chi connectivity index (χ3v) is 2.84.